The van der Waals surface area contributed by atoms with Crippen LogP contribution in [0.25, 0.3) is 0 Å². The number of carboxylic acid groups (broad SMARTS) is 2. The van der Waals surface area contributed by atoms with Crippen LogP contribution in [0.5, 0.6) is 0 Å². The average Bonchev–Trinajstić information content (AvgIpc) is 2.10. The van der Waals surface area contributed by atoms with Gasteiger partial charge in [-0.1, -0.05) is 0 Å². The van der Waals surface area contributed by atoms with Crippen molar-refractivity contribution in [3.63, 3.8) is 0 Å². The number of carbonyl (C=O) groups is 2. The van der Waals surface area contributed by atoms with E-state index in [1.165, 1.54) is 0 Å². The Bertz CT molecular complexity index is 142. The molecule has 14 heavy (non-hydrogen) atoms. The molecular weight excluding hydrogens is 206 g/mol. The van der Waals surface area contributed by atoms with E-state index in [0.29, 0.717) is 0 Å². The smallest absolute Gasteiger partial charge is 0.414 e. The molecule has 0 bridgehead atoms. The normalized spacial score (nSPS) is 5.71. The molecule has 12 nitrogen and oxygen atoms in total. The maximum Gasteiger partial charge on any atom is 0.414 e. The summed E-state index contributed by atoms with van der Waals surface area (Å²) in [5.74, 6) is 12.4. The molecule has 0 saturated heterocycles. The minimum absolute atomic E-state index is 1.50. The third-order valence-corrected chi connectivity index (χ3v) is 0.183. The standard InChI is InChI=1S/C2H2O4.2H4N2.HNO3/c3-1(4)2(5)6;2*1-2;2-1(3)4/h(H,3,4)(H,5,6);2*1-2H2;(H,2,3,4). The first-order valence-corrected chi connectivity index (χ1v) is 2.34. The lowest BCUT2D eigenvalue weighted by atomic mass is 10.7. The summed E-state index contributed by atoms with van der Waals surface area (Å²) >= 11 is 0. The van der Waals surface area contributed by atoms with Gasteiger partial charge in [0.2, 0.25) is 0 Å². The van der Waals surface area contributed by atoms with Crippen molar-refractivity contribution < 1.29 is 30.1 Å². The summed E-state index contributed by atoms with van der Waals surface area (Å²) in [6.07, 6.45) is 0. The molecule has 0 aromatic carbocycles. The molecule has 0 aromatic heterocycles. The van der Waals surface area contributed by atoms with Gasteiger partial charge >= 0.3 is 11.9 Å². The molecule has 0 saturated carbocycles. The zero-order chi connectivity index (χ0) is 12.7. The quantitative estimate of drug-likeness (QED) is 0.0904. The van der Waals surface area contributed by atoms with Crippen LogP contribution in [0.4, 0.5) is 0 Å². The summed E-state index contributed by atoms with van der Waals surface area (Å²) in [5, 5.41) is 28.4. The largest absolute Gasteiger partial charge is 0.473 e. The predicted molar refractivity (Wildman–Crippen MR) is 40.8 cm³/mol. The molecule has 11 N–H and O–H groups in total. The van der Waals surface area contributed by atoms with E-state index in [2.05, 4.69) is 23.4 Å². The zero-order valence-electron chi connectivity index (χ0n) is 6.73. The van der Waals surface area contributed by atoms with Gasteiger partial charge in [-0.15, -0.1) is 10.1 Å². The molecule has 0 atom stereocenters. The molecule has 0 unspecified atom stereocenters. The van der Waals surface area contributed by atoms with E-state index in [-0.39, 0.29) is 0 Å². The Morgan fingerprint density at radius 2 is 1.07 bits per heavy atom. The highest BCUT2D eigenvalue weighted by molar-refractivity contribution is 6.27. The number of hydrogen-bond donors (Lipinski definition) is 7. The van der Waals surface area contributed by atoms with Crippen LogP contribution in [-0.4, -0.2) is 32.4 Å². The van der Waals surface area contributed by atoms with Gasteiger partial charge in [-0.3, -0.25) is 23.4 Å². The van der Waals surface area contributed by atoms with E-state index in [4.69, 9.17) is 35.1 Å². The molecular formula is C2H11N5O7. The average molecular weight is 217 g/mol. The lowest BCUT2D eigenvalue weighted by Crippen LogP contribution is -2.09. The van der Waals surface area contributed by atoms with Crippen LogP contribution in [0.15, 0.2) is 0 Å². The minimum atomic E-state index is -1.82. The molecule has 0 aliphatic carbocycles. The van der Waals surface area contributed by atoms with Crippen LogP contribution in [0.1, 0.15) is 0 Å². The van der Waals surface area contributed by atoms with E-state index < -0.39 is 17.0 Å². The molecule has 0 spiro atoms. The maximum atomic E-state index is 9.10. The van der Waals surface area contributed by atoms with E-state index in [1.54, 1.807) is 0 Å². The Labute approximate surface area is 76.7 Å². The summed E-state index contributed by atoms with van der Waals surface area (Å²) in [6.45, 7) is 0. The van der Waals surface area contributed by atoms with Crippen molar-refractivity contribution >= 4 is 11.9 Å². The summed E-state index contributed by atoms with van der Waals surface area (Å²) in [5.41, 5.74) is 0. The molecule has 0 fully saturated rings. The van der Waals surface area contributed by atoms with Crippen LogP contribution in [0.2, 0.25) is 0 Å². The summed E-state index contributed by atoms with van der Waals surface area (Å²) in [7, 11) is 0. The van der Waals surface area contributed by atoms with Crippen LogP contribution >= 0.6 is 0 Å². The second-order valence-electron chi connectivity index (χ2n) is 0.848. The minimum Gasteiger partial charge on any atom is -0.473 e. The topological polar surface area (TPSA) is 242 Å². The molecule has 12 heteroatoms. The molecule has 0 aliphatic heterocycles. The van der Waals surface area contributed by atoms with Gasteiger partial charge < -0.3 is 15.4 Å². The summed E-state index contributed by atoms with van der Waals surface area (Å²) in [4.78, 5) is 26.6. The van der Waals surface area contributed by atoms with E-state index in [1.807, 2.05) is 0 Å². The van der Waals surface area contributed by atoms with Crippen molar-refractivity contribution in [2.75, 3.05) is 0 Å². The fraction of sp³-hybridized carbons (Fsp3) is 0. The van der Waals surface area contributed by atoms with Crippen molar-refractivity contribution in [1.29, 1.82) is 0 Å². The van der Waals surface area contributed by atoms with Crippen LogP contribution in [-0.2, 0) is 9.59 Å². The van der Waals surface area contributed by atoms with Gasteiger partial charge in [0.1, 0.15) is 0 Å². The Hall–Kier alpha value is -2.02. The Morgan fingerprint density at radius 1 is 1.00 bits per heavy atom. The molecule has 0 aromatic rings. The van der Waals surface area contributed by atoms with Gasteiger partial charge in [-0.05, 0) is 0 Å². The Kier molecular flexibility index (Phi) is 36.4. The number of hydrogen-bond acceptors (Lipinski definition) is 8. The third kappa shape index (κ3) is 205. The molecule has 86 valence electrons. The van der Waals surface area contributed by atoms with E-state index >= 15 is 0 Å². The Morgan fingerprint density at radius 3 is 1.07 bits per heavy atom. The second-order valence-corrected chi connectivity index (χ2v) is 0.848. The lowest BCUT2D eigenvalue weighted by Gasteiger charge is -1.72. The van der Waals surface area contributed by atoms with Crippen molar-refractivity contribution in [1.82, 2.24) is 0 Å². The van der Waals surface area contributed by atoms with Crippen molar-refractivity contribution in [2.45, 2.75) is 0 Å². The maximum absolute atomic E-state index is 9.10. The number of aliphatic carboxylic acids is 2. The highest BCUT2D eigenvalue weighted by Crippen LogP contribution is 1.56. The number of rotatable bonds is 0. The van der Waals surface area contributed by atoms with Crippen LogP contribution < -0.4 is 23.4 Å². The first-order chi connectivity index (χ1) is 6.37. The molecule has 0 radical (unpaired) electrons. The monoisotopic (exact) mass is 217 g/mol. The van der Waals surface area contributed by atoms with Gasteiger partial charge in [0.05, 0.1) is 0 Å². The SMILES string of the molecule is NN.NN.O=C(O)C(=O)O.O=[N+]([O-])O. The van der Waals surface area contributed by atoms with E-state index in [9.17, 15) is 0 Å². The number of nitrogens with zero attached hydrogens (tertiary/aromatic N) is 1. The zero-order valence-corrected chi connectivity index (χ0v) is 6.73. The first kappa shape index (κ1) is 22.7. The second kappa shape index (κ2) is 22.4. The first-order valence-electron chi connectivity index (χ1n) is 2.34. The van der Waals surface area contributed by atoms with Gasteiger partial charge in [0.15, 0.2) is 0 Å². The van der Waals surface area contributed by atoms with Gasteiger partial charge in [-0.25, -0.2) is 9.59 Å². The molecule has 0 amide bonds. The summed E-state index contributed by atoms with van der Waals surface area (Å²) < 4.78 is 0. The molecule has 0 rings (SSSR count). The summed E-state index contributed by atoms with van der Waals surface area (Å²) in [6, 6.07) is 0. The van der Waals surface area contributed by atoms with Gasteiger partial charge in [0.25, 0.3) is 5.09 Å². The van der Waals surface area contributed by atoms with Crippen LogP contribution in [0.3, 0.4) is 0 Å². The Balaban J connectivity index is -0.0000000546. The molecule has 0 heterocycles. The van der Waals surface area contributed by atoms with Crippen LogP contribution in [0, 0.1) is 10.1 Å². The van der Waals surface area contributed by atoms with E-state index in [0.717, 1.165) is 0 Å². The van der Waals surface area contributed by atoms with Gasteiger partial charge in [0, 0.05) is 0 Å². The van der Waals surface area contributed by atoms with Crippen molar-refractivity contribution in [2.24, 2.45) is 23.4 Å². The van der Waals surface area contributed by atoms with Crippen molar-refractivity contribution in [3.8, 4) is 0 Å². The number of carboxylic acids is 2. The predicted octanol–water partition coefficient (Wildman–Crippen LogP) is -3.55. The highest BCUT2D eigenvalue weighted by Gasteiger charge is 2.04. The lowest BCUT2D eigenvalue weighted by molar-refractivity contribution is -0.742. The number of nitrogens with two attached hydrogens (primary N) is 4. The molecule has 0 aliphatic rings. The third-order valence-electron chi connectivity index (χ3n) is 0.183. The van der Waals surface area contributed by atoms with Gasteiger partial charge in [-0.2, -0.15) is 0 Å². The fourth-order valence-electron chi connectivity index (χ4n) is 0. The number of hydrazine groups is 2. The highest BCUT2D eigenvalue weighted by atomic mass is 16.9. The van der Waals surface area contributed by atoms with Crippen molar-refractivity contribution in [3.05, 3.63) is 10.1 Å². The fourth-order valence-corrected chi connectivity index (χ4v) is 0.